The fourth-order valence-electron chi connectivity index (χ4n) is 6.62. The quantitative estimate of drug-likeness (QED) is 0.706. The van der Waals surface area contributed by atoms with Crippen molar-refractivity contribution in [3.63, 3.8) is 0 Å². The van der Waals surface area contributed by atoms with Crippen LogP contribution in [0.1, 0.15) is 46.0 Å². The molecule has 4 aliphatic carbocycles. The number of carbonyl (C=O) groups excluding carboxylic acids is 1. The van der Waals surface area contributed by atoms with E-state index in [2.05, 4.69) is 32.2 Å². The molecular weight excluding hydrogens is 312 g/mol. The van der Waals surface area contributed by atoms with Crippen LogP contribution in [0.25, 0.3) is 0 Å². The summed E-state index contributed by atoms with van der Waals surface area (Å²) in [5, 5.41) is 21.2. The monoisotopic (exact) mass is 340 g/mol. The minimum absolute atomic E-state index is 0.0300. The van der Waals surface area contributed by atoms with Gasteiger partial charge in [-0.1, -0.05) is 32.6 Å². The van der Waals surface area contributed by atoms with E-state index < -0.39 is 0 Å². The number of carbonyl (C=O) groups is 1. The minimum atomic E-state index is -0.336. The van der Waals surface area contributed by atoms with Crippen molar-refractivity contribution in [1.82, 2.24) is 0 Å². The van der Waals surface area contributed by atoms with Crippen LogP contribution in [0.3, 0.4) is 0 Å². The number of hydrogen-bond donors (Lipinski definition) is 2. The van der Waals surface area contributed by atoms with Crippen LogP contribution in [0.4, 0.5) is 0 Å². The first kappa shape index (κ1) is 16.9. The molecule has 0 aromatic carbocycles. The molecule has 25 heavy (non-hydrogen) atoms. The van der Waals surface area contributed by atoms with Crippen molar-refractivity contribution in [3.8, 4) is 0 Å². The third-order valence-electron chi connectivity index (χ3n) is 7.90. The van der Waals surface area contributed by atoms with E-state index in [0.29, 0.717) is 30.1 Å². The lowest BCUT2D eigenvalue weighted by molar-refractivity contribution is -0.120. The smallest absolute Gasteiger partial charge is 0.197 e. The summed E-state index contributed by atoms with van der Waals surface area (Å²) in [6, 6.07) is 0. The number of ketones is 1. The van der Waals surface area contributed by atoms with Gasteiger partial charge in [0.15, 0.2) is 11.5 Å². The van der Waals surface area contributed by atoms with Crippen molar-refractivity contribution in [2.45, 2.75) is 52.1 Å². The molecule has 0 aromatic heterocycles. The third-order valence-corrected chi connectivity index (χ3v) is 7.90. The molecule has 134 valence electrons. The normalized spacial score (nSPS) is 48.4. The van der Waals surface area contributed by atoms with E-state index in [0.717, 1.165) is 31.3 Å². The van der Waals surface area contributed by atoms with Crippen LogP contribution < -0.4 is 0 Å². The Morgan fingerprint density at radius 3 is 2.84 bits per heavy atom. The van der Waals surface area contributed by atoms with Gasteiger partial charge in [0.2, 0.25) is 0 Å². The van der Waals surface area contributed by atoms with Crippen LogP contribution in [-0.2, 0) is 4.79 Å². The Morgan fingerprint density at radius 2 is 2.12 bits per heavy atom. The molecule has 7 atom stereocenters. The number of hydrogen-bond acceptors (Lipinski definition) is 3. The molecule has 0 aromatic rings. The molecule has 3 nitrogen and oxygen atoms in total. The zero-order valence-corrected chi connectivity index (χ0v) is 15.2. The largest absolute Gasteiger partial charge is 0.504 e. The molecule has 4 aliphatic rings. The van der Waals surface area contributed by atoms with Gasteiger partial charge in [0, 0.05) is 17.4 Å². The second kappa shape index (κ2) is 5.46. The Hall–Kier alpha value is -1.57. The van der Waals surface area contributed by atoms with Crippen molar-refractivity contribution < 1.29 is 15.0 Å². The number of rotatable bonds is 1. The maximum absolute atomic E-state index is 12.1. The number of aliphatic hydroxyl groups excluding tert-OH is 2. The van der Waals surface area contributed by atoms with Crippen molar-refractivity contribution in [2.24, 2.45) is 34.5 Å². The zero-order valence-electron chi connectivity index (χ0n) is 15.2. The van der Waals surface area contributed by atoms with Gasteiger partial charge in [-0.3, -0.25) is 4.79 Å². The van der Waals surface area contributed by atoms with Crippen LogP contribution in [0.15, 0.2) is 41.9 Å². The summed E-state index contributed by atoms with van der Waals surface area (Å²) >= 11 is 0. The summed E-state index contributed by atoms with van der Waals surface area (Å²) in [5.74, 6) is 1.26. The first-order valence-electron chi connectivity index (χ1n) is 9.55. The highest BCUT2D eigenvalue weighted by Gasteiger charge is 2.60. The average molecular weight is 340 g/mol. The molecule has 0 spiro atoms. The Labute approximate surface area is 149 Å². The van der Waals surface area contributed by atoms with Gasteiger partial charge < -0.3 is 10.2 Å². The number of allylic oxidation sites excluding steroid dienone is 5. The molecule has 1 unspecified atom stereocenters. The van der Waals surface area contributed by atoms with Gasteiger partial charge in [-0.05, 0) is 60.8 Å². The summed E-state index contributed by atoms with van der Waals surface area (Å²) < 4.78 is 0. The van der Waals surface area contributed by atoms with Crippen LogP contribution in [0.5, 0.6) is 0 Å². The van der Waals surface area contributed by atoms with Gasteiger partial charge in [0.25, 0.3) is 0 Å². The van der Waals surface area contributed by atoms with Crippen molar-refractivity contribution in [3.05, 3.63) is 41.9 Å². The molecule has 0 aliphatic heterocycles. The highest BCUT2D eigenvalue weighted by Crippen LogP contribution is 2.65. The van der Waals surface area contributed by atoms with Crippen LogP contribution in [0, 0.1) is 34.5 Å². The lowest BCUT2D eigenvalue weighted by atomic mass is 9.48. The zero-order chi connectivity index (χ0) is 18.0. The fourth-order valence-corrected chi connectivity index (χ4v) is 6.62. The highest BCUT2D eigenvalue weighted by molar-refractivity contribution is 5.95. The maximum atomic E-state index is 12.1. The number of aliphatic hydroxyl groups is 2. The van der Waals surface area contributed by atoms with Gasteiger partial charge in [0.05, 0.1) is 6.10 Å². The molecule has 2 fully saturated rings. The van der Waals surface area contributed by atoms with Gasteiger partial charge in [0.1, 0.15) is 0 Å². The molecule has 2 N–H and O–H groups in total. The van der Waals surface area contributed by atoms with Gasteiger partial charge in [-0.2, -0.15) is 0 Å². The Bertz CT molecular complexity index is 726. The molecular formula is C22H28O3. The van der Waals surface area contributed by atoms with E-state index in [1.165, 1.54) is 0 Å². The van der Waals surface area contributed by atoms with E-state index in [1.807, 2.05) is 12.2 Å². The molecule has 3 heteroatoms. The van der Waals surface area contributed by atoms with E-state index in [-0.39, 0.29) is 28.5 Å². The first-order chi connectivity index (χ1) is 11.8. The topological polar surface area (TPSA) is 57.5 Å². The summed E-state index contributed by atoms with van der Waals surface area (Å²) in [7, 11) is 0. The summed E-state index contributed by atoms with van der Waals surface area (Å²) in [6.07, 6.45) is 10.1. The fraction of sp³-hybridized carbons (Fsp3) is 0.636. The van der Waals surface area contributed by atoms with Crippen LogP contribution in [-0.4, -0.2) is 22.1 Å². The van der Waals surface area contributed by atoms with Crippen molar-refractivity contribution in [1.29, 1.82) is 0 Å². The van der Waals surface area contributed by atoms with E-state index in [9.17, 15) is 15.0 Å². The van der Waals surface area contributed by atoms with E-state index in [4.69, 9.17) is 0 Å². The number of fused-ring (bicyclic) bond motifs is 5. The molecule has 0 radical (unpaired) electrons. The molecule has 0 saturated heterocycles. The lowest BCUT2D eigenvalue weighted by Gasteiger charge is -2.55. The summed E-state index contributed by atoms with van der Waals surface area (Å²) in [5.41, 5.74) is 3.36. The molecule has 0 bridgehead atoms. The predicted octanol–water partition coefficient (Wildman–Crippen LogP) is 4.11. The Balaban J connectivity index is 1.85. The molecule has 4 rings (SSSR count). The van der Waals surface area contributed by atoms with E-state index in [1.54, 1.807) is 0 Å². The van der Waals surface area contributed by atoms with Crippen LogP contribution in [0.2, 0.25) is 0 Å². The molecule has 0 heterocycles. The van der Waals surface area contributed by atoms with Gasteiger partial charge >= 0.3 is 0 Å². The Morgan fingerprint density at radius 1 is 1.36 bits per heavy atom. The van der Waals surface area contributed by atoms with Crippen molar-refractivity contribution in [2.75, 3.05) is 0 Å². The lowest BCUT2D eigenvalue weighted by Crippen LogP contribution is -2.50. The second-order valence-electron chi connectivity index (χ2n) is 8.93. The van der Waals surface area contributed by atoms with Crippen LogP contribution >= 0.6 is 0 Å². The van der Waals surface area contributed by atoms with E-state index >= 15 is 0 Å². The standard InChI is InChI=1S/C22H28O3/c1-4-9-22-11-8-18(23)19(24)16(22)6-5-14-15(22)7-10-21(3)17(14)12-13(2)20(21)25/h5-6,9,13-15,17,20,24-25H,1,7-8,10-12H2,2-3H3/t13-,14+,15-,17-,20-,21-,22?/m0/s1. The van der Waals surface area contributed by atoms with Gasteiger partial charge in [-0.15, -0.1) is 5.73 Å². The maximum Gasteiger partial charge on any atom is 0.197 e. The Kier molecular flexibility index (Phi) is 3.69. The number of Topliss-reactive ketones (excluding diaryl/α,β-unsaturated/α-hetero) is 1. The SMILES string of the molecule is C=C=CC12CCC(=O)C(O)=C1C=C[C@@H]1[C@@H]2CC[C@]2(C)[C@@H](O)[C@@H](C)C[C@@H]12. The minimum Gasteiger partial charge on any atom is -0.504 e. The third kappa shape index (κ3) is 2.06. The van der Waals surface area contributed by atoms with Crippen molar-refractivity contribution >= 4 is 5.78 Å². The van der Waals surface area contributed by atoms with Gasteiger partial charge in [-0.25, -0.2) is 0 Å². The highest BCUT2D eigenvalue weighted by atomic mass is 16.3. The summed E-state index contributed by atoms with van der Waals surface area (Å²) in [4.78, 5) is 12.1. The predicted molar refractivity (Wildman–Crippen MR) is 96.8 cm³/mol. The molecule has 2 saturated carbocycles. The first-order valence-corrected chi connectivity index (χ1v) is 9.55. The average Bonchev–Trinajstić information content (AvgIpc) is 2.82. The molecule has 0 amide bonds. The summed E-state index contributed by atoms with van der Waals surface area (Å²) in [6.45, 7) is 8.20. The second-order valence-corrected chi connectivity index (χ2v) is 8.93.